The number of hydrogen-bond donors (Lipinski definition) is 1. The van der Waals surface area contributed by atoms with Gasteiger partial charge in [0.05, 0.1) is 17.7 Å². The van der Waals surface area contributed by atoms with E-state index in [0.717, 1.165) is 0 Å². The van der Waals surface area contributed by atoms with E-state index < -0.39 is 17.7 Å². The Hall–Kier alpha value is -2.70. The summed E-state index contributed by atoms with van der Waals surface area (Å²) in [7, 11) is 0. The summed E-state index contributed by atoms with van der Waals surface area (Å²) in [4.78, 5) is 25.1. The van der Waals surface area contributed by atoms with Crippen LogP contribution in [0.2, 0.25) is 0 Å². The molecule has 1 atom stereocenters. The Kier molecular flexibility index (Phi) is 4.10. The minimum absolute atomic E-state index is 0.193. The van der Waals surface area contributed by atoms with Crippen molar-refractivity contribution in [1.82, 2.24) is 14.7 Å². The number of nitrogens with zero attached hydrogens (tertiary/aromatic N) is 3. The molecule has 1 saturated heterocycles. The normalized spacial score (nSPS) is 18.0. The molecule has 1 aromatic carbocycles. The van der Waals surface area contributed by atoms with Crippen molar-refractivity contribution in [2.75, 3.05) is 13.1 Å². The van der Waals surface area contributed by atoms with Crippen LogP contribution in [0.4, 0.5) is 4.39 Å². The quantitative estimate of drug-likeness (QED) is 0.939. The molecule has 0 bridgehead atoms. The topological polar surface area (TPSA) is 75.4 Å². The molecule has 7 heteroatoms. The summed E-state index contributed by atoms with van der Waals surface area (Å²) in [6.07, 6.45) is 4.07. The average molecular weight is 317 g/mol. The lowest BCUT2D eigenvalue weighted by Crippen LogP contribution is -2.42. The van der Waals surface area contributed by atoms with Crippen LogP contribution in [0.15, 0.2) is 36.7 Å². The van der Waals surface area contributed by atoms with Gasteiger partial charge in [0.15, 0.2) is 0 Å². The van der Waals surface area contributed by atoms with Gasteiger partial charge in [0, 0.05) is 19.3 Å². The van der Waals surface area contributed by atoms with Crippen molar-refractivity contribution in [2.24, 2.45) is 5.92 Å². The van der Waals surface area contributed by atoms with Gasteiger partial charge in [-0.3, -0.25) is 9.59 Å². The Morgan fingerprint density at radius 2 is 2.09 bits per heavy atom. The predicted molar refractivity (Wildman–Crippen MR) is 79.8 cm³/mol. The van der Waals surface area contributed by atoms with E-state index in [2.05, 4.69) is 5.10 Å². The molecule has 0 aliphatic carbocycles. The van der Waals surface area contributed by atoms with Crippen LogP contribution in [0.1, 0.15) is 23.2 Å². The summed E-state index contributed by atoms with van der Waals surface area (Å²) in [5.74, 6) is -2.13. The van der Waals surface area contributed by atoms with E-state index in [-0.39, 0.29) is 18.1 Å². The highest BCUT2D eigenvalue weighted by molar-refractivity contribution is 5.94. The molecule has 1 fully saturated rings. The van der Waals surface area contributed by atoms with Crippen LogP contribution in [-0.4, -0.2) is 44.8 Å². The Morgan fingerprint density at radius 1 is 1.30 bits per heavy atom. The number of aliphatic carboxylic acids is 1. The van der Waals surface area contributed by atoms with E-state index in [4.69, 9.17) is 5.11 Å². The number of hydrogen-bond acceptors (Lipinski definition) is 3. The highest BCUT2D eigenvalue weighted by atomic mass is 19.1. The second-order valence-corrected chi connectivity index (χ2v) is 5.55. The summed E-state index contributed by atoms with van der Waals surface area (Å²) in [5, 5.41) is 13.1. The first-order chi connectivity index (χ1) is 11.1. The highest BCUT2D eigenvalue weighted by Crippen LogP contribution is 2.19. The van der Waals surface area contributed by atoms with E-state index in [9.17, 15) is 14.0 Å². The number of halogens is 1. The second kappa shape index (κ2) is 6.20. The predicted octanol–water partition coefficient (Wildman–Crippen LogP) is 1.95. The van der Waals surface area contributed by atoms with Crippen LogP contribution in [0.25, 0.3) is 5.69 Å². The smallest absolute Gasteiger partial charge is 0.308 e. The Bertz CT molecular complexity index is 744. The maximum Gasteiger partial charge on any atom is 0.308 e. The monoisotopic (exact) mass is 317 g/mol. The maximum atomic E-state index is 13.8. The van der Waals surface area contributed by atoms with Gasteiger partial charge < -0.3 is 10.0 Å². The summed E-state index contributed by atoms with van der Waals surface area (Å²) in [6, 6.07) is 6.15. The number of likely N-dealkylation sites (tertiary alicyclic amines) is 1. The van der Waals surface area contributed by atoms with Crippen LogP contribution in [0, 0.1) is 11.7 Å². The third-order valence-electron chi connectivity index (χ3n) is 3.99. The fourth-order valence-electron chi connectivity index (χ4n) is 2.75. The van der Waals surface area contributed by atoms with Gasteiger partial charge in [-0.05, 0) is 25.0 Å². The number of carboxylic acids is 1. The molecule has 1 aromatic heterocycles. The number of carboxylic acid groups (broad SMARTS) is 1. The molecule has 0 radical (unpaired) electrons. The molecule has 1 aliphatic rings. The van der Waals surface area contributed by atoms with E-state index >= 15 is 0 Å². The molecule has 0 spiro atoms. The standard InChI is InChI=1S/C16H16FN3O3/c17-13-5-1-2-6-14(13)20-10-12(8-18-20)15(21)19-7-3-4-11(9-19)16(22)23/h1-2,5-6,8,10-11H,3-4,7,9H2,(H,22,23)/t11-/m1/s1. The average Bonchev–Trinajstić information content (AvgIpc) is 3.04. The van der Waals surface area contributed by atoms with Crippen molar-refractivity contribution in [1.29, 1.82) is 0 Å². The zero-order valence-corrected chi connectivity index (χ0v) is 12.4. The summed E-state index contributed by atoms with van der Waals surface area (Å²) in [6.45, 7) is 0.715. The Morgan fingerprint density at radius 3 is 2.83 bits per heavy atom. The lowest BCUT2D eigenvalue weighted by Gasteiger charge is -2.30. The second-order valence-electron chi connectivity index (χ2n) is 5.55. The zero-order chi connectivity index (χ0) is 16.4. The van der Waals surface area contributed by atoms with Crippen molar-refractivity contribution in [2.45, 2.75) is 12.8 Å². The summed E-state index contributed by atoms with van der Waals surface area (Å²) < 4.78 is 15.1. The minimum Gasteiger partial charge on any atom is -0.481 e. The number of aromatic nitrogens is 2. The first-order valence-corrected chi connectivity index (χ1v) is 7.38. The van der Waals surface area contributed by atoms with Crippen LogP contribution in [-0.2, 0) is 4.79 Å². The first-order valence-electron chi connectivity index (χ1n) is 7.38. The van der Waals surface area contributed by atoms with Crippen LogP contribution < -0.4 is 0 Å². The summed E-state index contributed by atoms with van der Waals surface area (Å²) in [5.41, 5.74) is 0.577. The molecule has 1 aliphatic heterocycles. The summed E-state index contributed by atoms with van der Waals surface area (Å²) >= 11 is 0. The van der Waals surface area contributed by atoms with Gasteiger partial charge in [-0.2, -0.15) is 5.10 Å². The molecule has 0 unspecified atom stereocenters. The molecule has 3 rings (SSSR count). The highest BCUT2D eigenvalue weighted by Gasteiger charge is 2.29. The molecule has 1 amide bonds. The van der Waals surface area contributed by atoms with Crippen LogP contribution >= 0.6 is 0 Å². The number of carbonyl (C=O) groups excluding carboxylic acids is 1. The number of amides is 1. The zero-order valence-electron chi connectivity index (χ0n) is 12.4. The number of rotatable bonds is 3. The molecular weight excluding hydrogens is 301 g/mol. The molecule has 2 heterocycles. The Balaban J connectivity index is 1.79. The van der Waals surface area contributed by atoms with Gasteiger partial charge in [0.25, 0.3) is 5.91 Å². The van der Waals surface area contributed by atoms with Crippen molar-refractivity contribution in [3.8, 4) is 5.69 Å². The molecule has 23 heavy (non-hydrogen) atoms. The van der Waals surface area contributed by atoms with Crippen molar-refractivity contribution in [3.63, 3.8) is 0 Å². The molecule has 6 nitrogen and oxygen atoms in total. The third-order valence-corrected chi connectivity index (χ3v) is 3.99. The third kappa shape index (κ3) is 3.08. The number of carbonyl (C=O) groups is 2. The lowest BCUT2D eigenvalue weighted by atomic mass is 9.98. The molecule has 120 valence electrons. The number of benzene rings is 1. The van der Waals surface area contributed by atoms with Gasteiger partial charge in [-0.25, -0.2) is 9.07 Å². The largest absolute Gasteiger partial charge is 0.481 e. The number of piperidine rings is 1. The molecule has 0 saturated carbocycles. The van der Waals surface area contributed by atoms with Crippen molar-refractivity contribution < 1.29 is 19.1 Å². The Labute approximate surface area is 132 Å². The van der Waals surface area contributed by atoms with Crippen LogP contribution in [0.5, 0.6) is 0 Å². The fraction of sp³-hybridized carbons (Fsp3) is 0.312. The molecule has 1 N–H and O–H groups in total. The van der Waals surface area contributed by atoms with Crippen LogP contribution in [0.3, 0.4) is 0 Å². The lowest BCUT2D eigenvalue weighted by molar-refractivity contribution is -0.143. The van der Waals surface area contributed by atoms with E-state index in [1.165, 1.54) is 28.0 Å². The van der Waals surface area contributed by atoms with E-state index in [0.29, 0.717) is 24.9 Å². The van der Waals surface area contributed by atoms with Gasteiger partial charge in [0.2, 0.25) is 0 Å². The minimum atomic E-state index is -0.885. The number of para-hydroxylation sites is 1. The van der Waals surface area contributed by atoms with Gasteiger partial charge in [-0.1, -0.05) is 12.1 Å². The fourth-order valence-corrected chi connectivity index (χ4v) is 2.75. The van der Waals surface area contributed by atoms with E-state index in [1.807, 2.05) is 0 Å². The maximum absolute atomic E-state index is 13.8. The molecule has 2 aromatic rings. The van der Waals surface area contributed by atoms with Crippen molar-refractivity contribution >= 4 is 11.9 Å². The van der Waals surface area contributed by atoms with E-state index in [1.54, 1.807) is 18.2 Å². The van der Waals surface area contributed by atoms with Gasteiger partial charge in [0.1, 0.15) is 11.5 Å². The molecular formula is C16H16FN3O3. The van der Waals surface area contributed by atoms with Crippen molar-refractivity contribution in [3.05, 3.63) is 48.0 Å². The van der Waals surface area contributed by atoms with Gasteiger partial charge >= 0.3 is 5.97 Å². The van der Waals surface area contributed by atoms with Gasteiger partial charge in [-0.15, -0.1) is 0 Å². The SMILES string of the molecule is O=C(O)[C@@H]1CCCN(C(=O)c2cnn(-c3ccccc3F)c2)C1. The first kappa shape index (κ1) is 15.2.